The maximum Gasteiger partial charge on any atom is 0 e. The molecule has 1 radical (unpaired) electrons. The molecule has 1 saturated carbocycles. The van der Waals surface area contributed by atoms with Crippen molar-refractivity contribution >= 4 is 39.6 Å². The third-order valence-corrected chi connectivity index (χ3v) is 14.3. The fourth-order valence-corrected chi connectivity index (χ4v) is 10.2. The Kier molecular flexibility index (Phi) is 10.5. The summed E-state index contributed by atoms with van der Waals surface area (Å²) in [6, 6.07) is 36.3. The van der Waals surface area contributed by atoms with E-state index < -0.39 is 38.3 Å². The van der Waals surface area contributed by atoms with Crippen molar-refractivity contribution in [2.75, 3.05) is 0 Å². The summed E-state index contributed by atoms with van der Waals surface area (Å²) < 4.78 is 67.2. The molecule has 1 fully saturated rings. The molecule has 0 N–H and O–H groups in total. The van der Waals surface area contributed by atoms with Crippen molar-refractivity contribution in [2.45, 2.75) is 83.3 Å². The Morgan fingerprint density at radius 3 is 2.28 bits per heavy atom. The Balaban J connectivity index is 0.000000234. The molecule has 0 amide bonds. The number of nitriles is 2. The number of rotatable bonds is 7. The van der Waals surface area contributed by atoms with Crippen LogP contribution < -0.4 is 4.40 Å². The second-order valence-electron chi connectivity index (χ2n) is 16.7. The van der Waals surface area contributed by atoms with E-state index in [9.17, 15) is 5.26 Å². The zero-order valence-corrected chi connectivity index (χ0v) is 38.2. The van der Waals surface area contributed by atoms with Gasteiger partial charge in [0.15, 0.2) is 0 Å². The third-order valence-electron chi connectivity index (χ3n) is 10.1. The first-order valence-corrected chi connectivity index (χ1v) is 26.7. The quantitative estimate of drug-likeness (QED) is 0.117. The number of hydrogen-bond donors (Lipinski definition) is 0. The summed E-state index contributed by atoms with van der Waals surface area (Å²) in [5, 5.41) is 20.2. The molecule has 0 unspecified atom stereocenters. The van der Waals surface area contributed by atoms with Crippen LogP contribution in [-0.2, 0) is 32.9 Å². The normalized spacial score (nSPS) is 15.6. The Morgan fingerprint density at radius 2 is 1.62 bits per heavy atom. The molecule has 5 nitrogen and oxygen atoms in total. The van der Waals surface area contributed by atoms with Gasteiger partial charge in [-0.1, -0.05) is 85.3 Å². The fraction of sp³-hybridized carbons (Fsp3) is 0.294. The standard InChI is InChI=1S/C31H25N2O.C20H25GeN2.Ir/c1-20-15-28(33-19-25(20)16-21-7-5-6-8-21)26-13-12-24(18-32)30-27-14-11-23(17-29(27)34-31(26)30)22-9-3-2-4-10-22;1-20(2,3)12-17-11-19(23-14-18(17)21(4,5)6)16-9-7-15(13-22)8-10-16;/h2-4,9-12,14-15,17,19,21H,5-8,16H2,1H3;7-9,11,14H,12H2,1-6H3;/q2*-1;/i1D3,16D2;12D2;. The Labute approximate surface area is 370 Å². The minimum atomic E-state index is -2.54. The summed E-state index contributed by atoms with van der Waals surface area (Å²) in [7, 11) is 0. The van der Waals surface area contributed by atoms with E-state index >= 15 is 0 Å². The molecule has 7 heteroatoms. The van der Waals surface area contributed by atoms with Crippen LogP contribution in [0.2, 0.25) is 17.3 Å². The number of hydrogen-bond acceptors (Lipinski definition) is 5. The van der Waals surface area contributed by atoms with Gasteiger partial charge < -0.3 is 9.40 Å². The van der Waals surface area contributed by atoms with Gasteiger partial charge in [0.05, 0.1) is 5.58 Å². The average molecular weight is 1010 g/mol. The third kappa shape index (κ3) is 9.70. The largest absolute Gasteiger partial charge is 0 e. The van der Waals surface area contributed by atoms with Gasteiger partial charge in [-0.3, -0.25) is 0 Å². The van der Waals surface area contributed by atoms with E-state index in [4.69, 9.17) is 19.3 Å². The van der Waals surface area contributed by atoms with E-state index in [1.807, 2.05) is 87.6 Å². The molecule has 1 aliphatic carbocycles. The number of fused-ring (bicyclic) bond motifs is 3. The molecule has 0 atom stereocenters. The van der Waals surface area contributed by atoms with E-state index in [0.717, 1.165) is 57.7 Å². The van der Waals surface area contributed by atoms with Gasteiger partial charge in [-0.2, -0.15) is 0 Å². The average Bonchev–Trinajstić information content (AvgIpc) is 3.95. The summed E-state index contributed by atoms with van der Waals surface area (Å²) in [6.45, 7) is 3.25. The molecule has 0 saturated heterocycles. The Hall–Kier alpha value is -4.85. The van der Waals surface area contributed by atoms with Crippen molar-refractivity contribution < 1.29 is 34.1 Å². The molecule has 0 spiro atoms. The molecule has 1 aliphatic rings. The number of furan rings is 1. The number of aromatic nitrogens is 2. The Morgan fingerprint density at radius 1 is 0.862 bits per heavy atom. The smallest absolute Gasteiger partial charge is 0 e. The fourth-order valence-electron chi connectivity index (χ4n) is 7.27. The molecule has 0 bridgehead atoms. The van der Waals surface area contributed by atoms with Crippen molar-refractivity contribution in [1.29, 1.82) is 10.5 Å². The number of nitrogens with zero attached hydrogens (tertiary/aromatic N) is 4. The maximum absolute atomic E-state index is 9.84. The van der Waals surface area contributed by atoms with Gasteiger partial charge in [-0.25, -0.2) is 5.26 Å². The first-order valence-electron chi connectivity index (χ1n) is 22.9. The predicted octanol–water partition coefficient (Wildman–Crippen LogP) is 12.6. The van der Waals surface area contributed by atoms with E-state index in [1.54, 1.807) is 18.2 Å². The summed E-state index contributed by atoms with van der Waals surface area (Å²) in [4.78, 5) is 9.13. The zero-order chi connectivity index (χ0) is 46.4. The molecule has 58 heavy (non-hydrogen) atoms. The first kappa shape index (κ1) is 34.1. The summed E-state index contributed by atoms with van der Waals surface area (Å²) >= 11 is -2.30. The number of benzene rings is 4. The van der Waals surface area contributed by atoms with Crippen LogP contribution in [0.5, 0.6) is 0 Å². The van der Waals surface area contributed by atoms with Gasteiger partial charge in [0.25, 0.3) is 0 Å². The molecule has 8 rings (SSSR count). The molecule has 295 valence electrons. The minimum absolute atomic E-state index is 0. The van der Waals surface area contributed by atoms with Crippen LogP contribution in [0.25, 0.3) is 55.6 Å². The van der Waals surface area contributed by atoms with Gasteiger partial charge in [0.2, 0.25) is 0 Å². The van der Waals surface area contributed by atoms with Crippen molar-refractivity contribution in [3.63, 3.8) is 0 Å². The zero-order valence-electron chi connectivity index (χ0n) is 40.7. The molecule has 7 aromatic rings. The molecule has 3 heterocycles. The second-order valence-corrected chi connectivity index (χ2v) is 27.2. The van der Waals surface area contributed by atoms with Gasteiger partial charge in [-0.15, -0.1) is 12.1 Å². The van der Waals surface area contributed by atoms with Crippen molar-refractivity contribution in [3.05, 3.63) is 137 Å². The maximum atomic E-state index is 9.84. The topological polar surface area (TPSA) is 86.5 Å². The van der Waals surface area contributed by atoms with E-state index in [2.05, 4.69) is 51.5 Å². The van der Waals surface area contributed by atoms with Crippen molar-refractivity contribution in [3.8, 4) is 45.8 Å². The van der Waals surface area contributed by atoms with Crippen LogP contribution in [0.1, 0.15) is 83.9 Å². The van der Waals surface area contributed by atoms with Crippen LogP contribution in [0, 0.1) is 53.0 Å². The van der Waals surface area contributed by atoms with Gasteiger partial charge in [0.1, 0.15) is 5.58 Å². The Bertz CT molecular complexity index is 2940. The van der Waals surface area contributed by atoms with Gasteiger partial charge in [-0.05, 0) is 58.5 Å². The second kappa shape index (κ2) is 18.0. The van der Waals surface area contributed by atoms with Crippen LogP contribution in [0.3, 0.4) is 0 Å². The molecule has 3 aromatic heterocycles. The minimum Gasteiger partial charge on any atom is 0 e. The van der Waals surface area contributed by atoms with Crippen LogP contribution in [0.4, 0.5) is 0 Å². The van der Waals surface area contributed by atoms with E-state index in [-0.39, 0.29) is 37.2 Å². The summed E-state index contributed by atoms with van der Waals surface area (Å²) in [6.07, 6.45) is 3.29. The number of aryl methyl sites for hydroxylation is 1. The first-order chi connectivity index (χ1) is 30.1. The van der Waals surface area contributed by atoms with E-state index in [0.29, 0.717) is 44.6 Å². The monoisotopic (exact) mass is 1010 g/mol. The van der Waals surface area contributed by atoms with Crippen molar-refractivity contribution in [2.24, 2.45) is 11.3 Å². The molecular weight excluding hydrogens is 949 g/mol. The molecule has 0 aliphatic heterocycles. The molecule has 4 aromatic carbocycles. The van der Waals surface area contributed by atoms with Crippen LogP contribution in [-0.4, -0.2) is 23.2 Å². The van der Waals surface area contributed by atoms with Crippen LogP contribution >= 0.6 is 0 Å². The summed E-state index contributed by atoms with van der Waals surface area (Å²) in [5.74, 6) is 6.53. The SMILES string of the molecule is [2H]C([2H])([2H])c1cc(-c2[c-]cc(C#N)c3c2oc2cc(-c4ccccc4)ccc23)ncc1C([2H])([2H])C1CCCC1.[2H]C([2H])(c1cc(-c2[c-]cc(C#N)cc2)nc[c]1[Ge]([CH3])([CH3])[CH3])C(C)(C)C.[Ir]. The van der Waals surface area contributed by atoms with E-state index in [1.165, 1.54) is 12.3 Å². The number of pyridine rings is 2. The van der Waals surface area contributed by atoms with Crippen molar-refractivity contribution in [1.82, 2.24) is 9.97 Å². The van der Waals surface area contributed by atoms with Crippen LogP contribution in [0.15, 0.2) is 102 Å². The summed E-state index contributed by atoms with van der Waals surface area (Å²) in [5.41, 5.74) is 6.41. The van der Waals surface area contributed by atoms with Gasteiger partial charge >= 0.3 is 145 Å². The van der Waals surface area contributed by atoms with Gasteiger partial charge in [0, 0.05) is 44.6 Å². The predicted molar refractivity (Wildman–Crippen MR) is 236 cm³/mol. The molecular formula is C51H50GeIrN4O-2.